The van der Waals surface area contributed by atoms with Crippen LogP contribution in [0.25, 0.3) is 5.65 Å². The Bertz CT molecular complexity index is 775. The Morgan fingerprint density at radius 1 is 1.10 bits per heavy atom. The second-order valence-electron chi connectivity index (χ2n) is 4.65. The average Bonchev–Trinajstić information content (AvgIpc) is 2.83. The number of benzene rings is 1. The highest BCUT2D eigenvalue weighted by Gasteiger charge is 2.29. The van der Waals surface area contributed by atoms with Crippen LogP contribution < -0.4 is 5.73 Å². The summed E-state index contributed by atoms with van der Waals surface area (Å²) in [6.45, 7) is 0. The fourth-order valence-corrected chi connectivity index (χ4v) is 2.11. The van der Waals surface area contributed by atoms with E-state index in [0.29, 0.717) is 17.9 Å². The number of nitrogens with zero attached hydrogens (tertiary/aromatic N) is 3. The Morgan fingerprint density at radius 2 is 1.81 bits per heavy atom. The molecule has 0 bridgehead atoms. The molecule has 0 spiro atoms. The third-order valence-corrected chi connectivity index (χ3v) is 3.18. The molecular weight excluding hydrogens is 281 g/mol. The average molecular weight is 292 g/mol. The topological polar surface area (TPSA) is 56.2 Å². The molecule has 3 aromatic rings. The van der Waals surface area contributed by atoms with Gasteiger partial charge >= 0.3 is 6.18 Å². The van der Waals surface area contributed by atoms with Gasteiger partial charge in [0.15, 0.2) is 5.65 Å². The summed E-state index contributed by atoms with van der Waals surface area (Å²) >= 11 is 0. The van der Waals surface area contributed by atoms with E-state index in [9.17, 15) is 13.2 Å². The first-order chi connectivity index (χ1) is 9.95. The first kappa shape index (κ1) is 13.4. The molecule has 0 unspecified atom stereocenters. The summed E-state index contributed by atoms with van der Waals surface area (Å²) in [6.07, 6.45) is -0.685. The lowest BCUT2D eigenvalue weighted by Gasteiger charge is -2.07. The van der Waals surface area contributed by atoms with Crippen molar-refractivity contribution in [1.82, 2.24) is 14.6 Å². The van der Waals surface area contributed by atoms with Crippen molar-refractivity contribution in [3.8, 4) is 0 Å². The Hall–Kier alpha value is -2.57. The summed E-state index contributed by atoms with van der Waals surface area (Å²) < 4.78 is 39.0. The molecule has 0 fully saturated rings. The maximum atomic E-state index is 12.5. The molecule has 0 saturated carbocycles. The summed E-state index contributed by atoms with van der Waals surface area (Å²) in [5.74, 6) is 0.457. The highest BCUT2D eigenvalue weighted by Crippen LogP contribution is 2.29. The number of alkyl halides is 3. The zero-order valence-corrected chi connectivity index (χ0v) is 10.8. The summed E-state index contributed by atoms with van der Waals surface area (Å²) in [7, 11) is 0. The third-order valence-electron chi connectivity index (χ3n) is 3.18. The van der Waals surface area contributed by atoms with Gasteiger partial charge in [0.2, 0.25) is 0 Å². The number of anilines is 1. The molecule has 0 saturated heterocycles. The van der Waals surface area contributed by atoms with Gasteiger partial charge in [-0.05, 0) is 23.8 Å². The normalized spacial score (nSPS) is 12.0. The summed E-state index contributed by atoms with van der Waals surface area (Å²) in [5.41, 5.74) is 7.27. The number of rotatable bonds is 2. The van der Waals surface area contributed by atoms with Crippen LogP contribution in [0, 0.1) is 0 Å². The molecule has 2 N–H and O–H groups in total. The molecule has 0 amide bonds. The molecule has 0 aliphatic carbocycles. The fraction of sp³-hybridized carbons (Fsp3) is 0.143. The summed E-state index contributed by atoms with van der Waals surface area (Å²) in [5, 5.41) is 4.12. The second-order valence-corrected chi connectivity index (χ2v) is 4.65. The van der Waals surface area contributed by atoms with Gasteiger partial charge in [-0.2, -0.15) is 22.8 Å². The molecule has 4 nitrogen and oxygen atoms in total. The van der Waals surface area contributed by atoms with Crippen LogP contribution >= 0.6 is 0 Å². The molecule has 7 heteroatoms. The minimum absolute atomic E-state index is 0.443. The lowest BCUT2D eigenvalue weighted by atomic mass is 10.1. The smallest absolute Gasteiger partial charge is 0.384 e. The highest BCUT2D eigenvalue weighted by atomic mass is 19.4. The van der Waals surface area contributed by atoms with E-state index in [1.807, 2.05) is 0 Å². The molecule has 0 aliphatic heterocycles. The Labute approximate surface area is 118 Å². The Balaban J connectivity index is 1.90. The van der Waals surface area contributed by atoms with Crippen LogP contribution in [-0.2, 0) is 12.6 Å². The number of halogens is 3. The van der Waals surface area contributed by atoms with E-state index in [2.05, 4.69) is 10.1 Å². The van der Waals surface area contributed by atoms with Crippen LogP contribution in [0.15, 0.2) is 42.7 Å². The SMILES string of the molecule is Nc1ccnc2c(Cc3ccc(C(F)(F)F)cc3)cnn12. The number of aromatic nitrogens is 3. The van der Waals surface area contributed by atoms with Gasteiger partial charge in [0.25, 0.3) is 0 Å². The van der Waals surface area contributed by atoms with Crippen molar-refractivity contribution in [2.45, 2.75) is 12.6 Å². The zero-order chi connectivity index (χ0) is 15.0. The number of fused-ring (bicyclic) bond motifs is 1. The van der Waals surface area contributed by atoms with Crippen molar-refractivity contribution in [3.63, 3.8) is 0 Å². The summed E-state index contributed by atoms with van der Waals surface area (Å²) in [6, 6.07) is 6.69. The first-order valence-corrected chi connectivity index (χ1v) is 6.18. The predicted molar refractivity (Wildman–Crippen MR) is 71.6 cm³/mol. The molecule has 0 aliphatic rings. The monoisotopic (exact) mass is 292 g/mol. The van der Waals surface area contributed by atoms with E-state index in [1.54, 1.807) is 18.5 Å². The van der Waals surface area contributed by atoms with Gasteiger partial charge in [0.1, 0.15) is 5.82 Å². The van der Waals surface area contributed by atoms with E-state index >= 15 is 0 Å². The number of nitrogens with two attached hydrogens (primary N) is 1. The third kappa shape index (κ3) is 2.54. The molecular formula is C14H11F3N4. The minimum atomic E-state index is -4.32. The van der Waals surface area contributed by atoms with E-state index in [-0.39, 0.29) is 0 Å². The van der Waals surface area contributed by atoms with Crippen molar-refractivity contribution in [2.75, 3.05) is 5.73 Å². The van der Waals surface area contributed by atoms with Gasteiger partial charge in [-0.3, -0.25) is 0 Å². The molecule has 1 aromatic carbocycles. The van der Waals surface area contributed by atoms with Crippen molar-refractivity contribution in [1.29, 1.82) is 0 Å². The summed E-state index contributed by atoms with van der Waals surface area (Å²) in [4.78, 5) is 4.20. The maximum Gasteiger partial charge on any atom is 0.416 e. The zero-order valence-electron chi connectivity index (χ0n) is 10.8. The van der Waals surface area contributed by atoms with Gasteiger partial charge < -0.3 is 5.73 Å². The van der Waals surface area contributed by atoms with Crippen molar-refractivity contribution < 1.29 is 13.2 Å². The van der Waals surface area contributed by atoms with Gasteiger partial charge in [-0.25, -0.2) is 4.98 Å². The van der Waals surface area contributed by atoms with Gasteiger partial charge in [0.05, 0.1) is 11.8 Å². The predicted octanol–water partition coefficient (Wildman–Crippen LogP) is 2.92. The van der Waals surface area contributed by atoms with Crippen molar-refractivity contribution in [3.05, 3.63) is 59.4 Å². The van der Waals surface area contributed by atoms with Crippen molar-refractivity contribution >= 4 is 11.5 Å². The van der Waals surface area contributed by atoms with E-state index < -0.39 is 11.7 Å². The number of nitrogen functional groups attached to an aromatic ring is 1. The van der Waals surface area contributed by atoms with Crippen molar-refractivity contribution in [2.24, 2.45) is 0 Å². The second kappa shape index (κ2) is 4.76. The standard InChI is InChI=1S/C14H11F3N4/c15-14(16,17)11-3-1-9(2-4-11)7-10-8-20-21-12(18)5-6-19-13(10)21/h1-6,8H,7,18H2. The van der Waals surface area contributed by atoms with Crippen LogP contribution in [-0.4, -0.2) is 14.6 Å². The van der Waals surface area contributed by atoms with E-state index in [0.717, 1.165) is 23.3 Å². The molecule has 21 heavy (non-hydrogen) atoms. The van der Waals surface area contributed by atoms with Crippen LogP contribution in [0.4, 0.5) is 19.0 Å². The quantitative estimate of drug-likeness (QED) is 0.790. The fourth-order valence-electron chi connectivity index (χ4n) is 2.11. The lowest BCUT2D eigenvalue weighted by molar-refractivity contribution is -0.137. The number of hydrogen-bond donors (Lipinski definition) is 1. The molecule has 3 rings (SSSR count). The molecule has 108 valence electrons. The number of hydrogen-bond acceptors (Lipinski definition) is 3. The Morgan fingerprint density at radius 3 is 2.48 bits per heavy atom. The molecule has 2 aromatic heterocycles. The highest BCUT2D eigenvalue weighted by molar-refractivity contribution is 5.52. The molecule has 2 heterocycles. The molecule has 0 atom stereocenters. The van der Waals surface area contributed by atoms with Crippen LogP contribution in [0.1, 0.15) is 16.7 Å². The lowest BCUT2D eigenvalue weighted by Crippen LogP contribution is -2.04. The van der Waals surface area contributed by atoms with Crippen LogP contribution in [0.5, 0.6) is 0 Å². The maximum absolute atomic E-state index is 12.5. The van der Waals surface area contributed by atoms with Crippen LogP contribution in [0.3, 0.4) is 0 Å². The van der Waals surface area contributed by atoms with Gasteiger partial charge in [-0.1, -0.05) is 12.1 Å². The van der Waals surface area contributed by atoms with Gasteiger partial charge in [-0.15, -0.1) is 0 Å². The Kier molecular flexibility index (Phi) is 3.04. The van der Waals surface area contributed by atoms with E-state index in [4.69, 9.17) is 5.73 Å². The molecule has 0 radical (unpaired) electrons. The van der Waals surface area contributed by atoms with E-state index in [1.165, 1.54) is 16.6 Å². The minimum Gasteiger partial charge on any atom is -0.384 e. The largest absolute Gasteiger partial charge is 0.416 e. The van der Waals surface area contributed by atoms with Gasteiger partial charge in [0, 0.05) is 18.2 Å². The first-order valence-electron chi connectivity index (χ1n) is 6.18. The van der Waals surface area contributed by atoms with Crippen LogP contribution in [0.2, 0.25) is 0 Å².